The lowest BCUT2D eigenvalue weighted by Gasteiger charge is -2.09. The van der Waals surface area contributed by atoms with Crippen molar-refractivity contribution in [3.05, 3.63) is 59.4 Å². The molecule has 0 spiro atoms. The van der Waals surface area contributed by atoms with Gasteiger partial charge in [0.1, 0.15) is 5.82 Å². The highest BCUT2D eigenvalue weighted by molar-refractivity contribution is 5.74. The molecule has 2 aromatic carbocycles. The van der Waals surface area contributed by atoms with Crippen molar-refractivity contribution in [3.8, 4) is 11.4 Å². The standard InChI is InChI=1S/C15H14FN5/c1-10-4-2-7-13(17)14(10)15-18-19-20-21(15)9-11-5-3-6-12(16)8-11/h2-8H,9,17H2,1H3. The average Bonchev–Trinajstić information content (AvgIpc) is 2.87. The summed E-state index contributed by atoms with van der Waals surface area (Å²) >= 11 is 0. The number of anilines is 1. The van der Waals surface area contributed by atoms with E-state index in [1.165, 1.54) is 12.1 Å². The highest BCUT2D eigenvalue weighted by Crippen LogP contribution is 2.27. The van der Waals surface area contributed by atoms with Crippen molar-refractivity contribution >= 4 is 5.69 Å². The molecule has 0 aliphatic heterocycles. The Labute approximate surface area is 121 Å². The predicted molar refractivity (Wildman–Crippen MR) is 77.9 cm³/mol. The number of nitrogens with zero attached hydrogens (tertiary/aromatic N) is 4. The SMILES string of the molecule is Cc1cccc(N)c1-c1nnnn1Cc1cccc(F)c1. The molecule has 2 N–H and O–H groups in total. The first kappa shape index (κ1) is 13.2. The van der Waals surface area contributed by atoms with E-state index in [0.29, 0.717) is 18.1 Å². The van der Waals surface area contributed by atoms with Gasteiger partial charge in [0.15, 0.2) is 5.82 Å². The molecule has 5 nitrogen and oxygen atoms in total. The Balaban J connectivity index is 2.02. The molecule has 0 saturated carbocycles. The van der Waals surface area contributed by atoms with Crippen LogP contribution in [0.5, 0.6) is 0 Å². The molecule has 0 bridgehead atoms. The summed E-state index contributed by atoms with van der Waals surface area (Å²) in [7, 11) is 0. The summed E-state index contributed by atoms with van der Waals surface area (Å²) in [5.41, 5.74) is 9.23. The Hall–Kier alpha value is -2.76. The van der Waals surface area contributed by atoms with Gasteiger partial charge in [-0.05, 0) is 46.7 Å². The van der Waals surface area contributed by atoms with E-state index in [1.807, 2.05) is 31.2 Å². The smallest absolute Gasteiger partial charge is 0.184 e. The van der Waals surface area contributed by atoms with E-state index < -0.39 is 0 Å². The average molecular weight is 283 g/mol. The zero-order valence-electron chi connectivity index (χ0n) is 11.5. The van der Waals surface area contributed by atoms with E-state index >= 15 is 0 Å². The fourth-order valence-corrected chi connectivity index (χ4v) is 2.29. The molecule has 1 aromatic heterocycles. The maximum absolute atomic E-state index is 13.3. The van der Waals surface area contributed by atoms with Crippen LogP contribution in [-0.2, 0) is 6.54 Å². The minimum Gasteiger partial charge on any atom is -0.398 e. The Morgan fingerprint density at radius 3 is 2.76 bits per heavy atom. The quantitative estimate of drug-likeness (QED) is 0.749. The molecule has 0 amide bonds. The van der Waals surface area contributed by atoms with Crippen LogP contribution in [0.15, 0.2) is 42.5 Å². The number of benzene rings is 2. The molecule has 21 heavy (non-hydrogen) atoms. The molecule has 0 aliphatic rings. The Bertz CT molecular complexity index is 761. The molecule has 0 fully saturated rings. The van der Waals surface area contributed by atoms with Crippen molar-refractivity contribution in [2.75, 3.05) is 5.73 Å². The third-order valence-corrected chi connectivity index (χ3v) is 3.28. The van der Waals surface area contributed by atoms with Crippen LogP contribution >= 0.6 is 0 Å². The Morgan fingerprint density at radius 2 is 2.00 bits per heavy atom. The van der Waals surface area contributed by atoms with Crippen molar-refractivity contribution in [2.45, 2.75) is 13.5 Å². The Morgan fingerprint density at radius 1 is 1.19 bits per heavy atom. The number of halogens is 1. The number of nitrogens with two attached hydrogens (primary N) is 1. The van der Waals surface area contributed by atoms with Crippen LogP contribution in [0.25, 0.3) is 11.4 Å². The number of nitrogen functional groups attached to an aromatic ring is 1. The molecule has 0 radical (unpaired) electrons. The number of hydrogen-bond acceptors (Lipinski definition) is 4. The van der Waals surface area contributed by atoms with Gasteiger partial charge in [0.25, 0.3) is 0 Å². The number of aryl methyl sites for hydroxylation is 1. The van der Waals surface area contributed by atoms with E-state index in [2.05, 4.69) is 15.5 Å². The Kier molecular flexibility index (Phi) is 3.35. The number of hydrogen-bond donors (Lipinski definition) is 1. The molecule has 0 saturated heterocycles. The minimum absolute atomic E-state index is 0.280. The minimum atomic E-state index is -0.280. The third kappa shape index (κ3) is 2.60. The van der Waals surface area contributed by atoms with Gasteiger partial charge in [-0.1, -0.05) is 24.3 Å². The van der Waals surface area contributed by atoms with Crippen molar-refractivity contribution in [1.29, 1.82) is 0 Å². The lowest BCUT2D eigenvalue weighted by atomic mass is 10.1. The van der Waals surface area contributed by atoms with Crippen LogP contribution in [0, 0.1) is 12.7 Å². The normalized spacial score (nSPS) is 10.8. The third-order valence-electron chi connectivity index (χ3n) is 3.28. The summed E-state index contributed by atoms with van der Waals surface area (Å²) in [6.07, 6.45) is 0. The van der Waals surface area contributed by atoms with Crippen LogP contribution < -0.4 is 5.73 Å². The van der Waals surface area contributed by atoms with Crippen LogP contribution in [-0.4, -0.2) is 20.2 Å². The van der Waals surface area contributed by atoms with Crippen LogP contribution in [0.2, 0.25) is 0 Å². The van der Waals surface area contributed by atoms with Gasteiger partial charge in [-0.3, -0.25) is 0 Å². The molecule has 3 aromatic rings. The second-order valence-corrected chi connectivity index (χ2v) is 4.83. The van der Waals surface area contributed by atoms with Crippen molar-refractivity contribution in [2.24, 2.45) is 0 Å². The topological polar surface area (TPSA) is 69.6 Å². The van der Waals surface area contributed by atoms with Gasteiger partial charge in [-0.15, -0.1) is 5.10 Å². The van der Waals surface area contributed by atoms with Crippen LogP contribution in [0.4, 0.5) is 10.1 Å². The number of rotatable bonds is 3. The monoisotopic (exact) mass is 283 g/mol. The maximum Gasteiger partial charge on any atom is 0.184 e. The molecular formula is C15H14FN5. The fourth-order valence-electron chi connectivity index (χ4n) is 2.29. The van der Waals surface area contributed by atoms with Gasteiger partial charge in [-0.25, -0.2) is 9.07 Å². The van der Waals surface area contributed by atoms with Gasteiger partial charge >= 0.3 is 0 Å². The van der Waals surface area contributed by atoms with E-state index in [4.69, 9.17) is 5.73 Å². The summed E-state index contributed by atoms with van der Waals surface area (Å²) in [6.45, 7) is 2.33. The van der Waals surface area contributed by atoms with Crippen molar-refractivity contribution < 1.29 is 4.39 Å². The van der Waals surface area contributed by atoms with Gasteiger partial charge in [0, 0.05) is 11.3 Å². The molecule has 1 heterocycles. The van der Waals surface area contributed by atoms with Gasteiger partial charge < -0.3 is 5.73 Å². The molecule has 0 atom stereocenters. The van der Waals surface area contributed by atoms with E-state index in [0.717, 1.165) is 16.7 Å². The molecule has 6 heteroatoms. The summed E-state index contributed by atoms with van der Waals surface area (Å²) < 4.78 is 14.9. The molecule has 0 unspecified atom stereocenters. The van der Waals surface area contributed by atoms with E-state index in [9.17, 15) is 4.39 Å². The number of tetrazole rings is 1. The van der Waals surface area contributed by atoms with Crippen LogP contribution in [0.3, 0.4) is 0 Å². The lowest BCUT2D eigenvalue weighted by molar-refractivity contribution is 0.615. The number of aromatic nitrogens is 4. The van der Waals surface area contributed by atoms with Crippen molar-refractivity contribution in [1.82, 2.24) is 20.2 Å². The van der Waals surface area contributed by atoms with Crippen molar-refractivity contribution in [3.63, 3.8) is 0 Å². The predicted octanol–water partition coefficient (Wildman–Crippen LogP) is 2.42. The van der Waals surface area contributed by atoms with Crippen LogP contribution in [0.1, 0.15) is 11.1 Å². The van der Waals surface area contributed by atoms with Gasteiger partial charge in [0.05, 0.1) is 6.54 Å². The molecule has 106 valence electrons. The summed E-state index contributed by atoms with van der Waals surface area (Å²) in [5, 5.41) is 11.7. The first-order valence-corrected chi connectivity index (χ1v) is 6.51. The lowest BCUT2D eigenvalue weighted by Crippen LogP contribution is -2.06. The first-order chi connectivity index (χ1) is 10.1. The summed E-state index contributed by atoms with van der Waals surface area (Å²) in [4.78, 5) is 0. The highest BCUT2D eigenvalue weighted by atomic mass is 19.1. The van der Waals surface area contributed by atoms with Gasteiger partial charge in [-0.2, -0.15) is 0 Å². The van der Waals surface area contributed by atoms with Gasteiger partial charge in [0.2, 0.25) is 0 Å². The molecular weight excluding hydrogens is 269 g/mol. The van der Waals surface area contributed by atoms with E-state index in [1.54, 1.807) is 10.7 Å². The molecule has 3 rings (SSSR count). The zero-order chi connectivity index (χ0) is 14.8. The maximum atomic E-state index is 13.3. The highest BCUT2D eigenvalue weighted by Gasteiger charge is 2.14. The summed E-state index contributed by atoms with van der Waals surface area (Å²) in [5.74, 6) is 0.299. The second-order valence-electron chi connectivity index (χ2n) is 4.83. The largest absolute Gasteiger partial charge is 0.398 e. The zero-order valence-corrected chi connectivity index (χ0v) is 11.5. The summed E-state index contributed by atoms with van der Waals surface area (Å²) in [6, 6.07) is 12.0. The molecule has 0 aliphatic carbocycles. The van der Waals surface area contributed by atoms with E-state index in [-0.39, 0.29) is 5.82 Å². The fraction of sp³-hybridized carbons (Fsp3) is 0.133. The first-order valence-electron chi connectivity index (χ1n) is 6.51. The second kappa shape index (κ2) is 5.32.